The minimum atomic E-state index is -4.88. The van der Waals surface area contributed by atoms with Crippen molar-refractivity contribution in [1.29, 1.82) is 0 Å². The van der Waals surface area contributed by atoms with Gasteiger partial charge in [-0.1, -0.05) is 35.9 Å². The molecule has 0 aliphatic rings. The van der Waals surface area contributed by atoms with Crippen molar-refractivity contribution in [3.63, 3.8) is 0 Å². The predicted octanol–water partition coefficient (Wildman–Crippen LogP) is 5.24. The second-order valence-corrected chi connectivity index (χ2v) is 8.41. The predicted molar refractivity (Wildman–Crippen MR) is 123 cm³/mol. The molecule has 1 unspecified atom stereocenters. The molecule has 1 aromatic carbocycles. The average molecular weight is 507 g/mol. The Hall–Kier alpha value is -3.37. The van der Waals surface area contributed by atoms with Crippen LogP contribution >= 0.6 is 11.6 Å². The van der Waals surface area contributed by atoms with Gasteiger partial charge in [-0.15, -0.1) is 5.10 Å². The van der Waals surface area contributed by atoms with E-state index in [-0.39, 0.29) is 13.2 Å². The number of carbonyl (C=O) groups excluding carboxylic acids is 1. The molecule has 0 fully saturated rings. The molecule has 0 saturated heterocycles. The summed E-state index contributed by atoms with van der Waals surface area (Å²) >= 11 is 6.02. The quantitative estimate of drug-likeness (QED) is 0.347. The van der Waals surface area contributed by atoms with E-state index in [1.54, 1.807) is 55.6 Å². The highest BCUT2D eigenvalue weighted by molar-refractivity contribution is 6.30. The smallest absolute Gasteiger partial charge is 0.423 e. The van der Waals surface area contributed by atoms with Crippen molar-refractivity contribution < 1.29 is 27.8 Å². The van der Waals surface area contributed by atoms with Crippen LogP contribution in [0.25, 0.3) is 16.8 Å². The molecule has 7 nitrogen and oxygen atoms in total. The van der Waals surface area contributed by atoms with Gasteiger partial charge in [0.05, 0.1) is 30.6 Å². The van der Waals surface area contributed by atoms with Gasteiger partial charge in [-0.2, -0.15) is 13.2 Å². The number of hydrogen-bond acceptors (Lipinski definition) is 5. The second kappa shape index (κ2) is 9.35. The number of nitrogens with zero attached hydrogens (tertiary/aromatic N) is 4. The molecule has 0 bridgehead atoms. The summed E-state index contributed by atoms with van der Waals surface area (Å²) in [5, 5.41) is 18.0. The zero-order valence-electron chi connectivity index (χ0n) is 18.9. The van der Waals surface area contributed by atoms with Crippen LogP contribution in [0.1, 0.15) is 41.9 Å². The van der Waals surface area contributed by atoms with Gasteiger partial charge in [-0.25, -0.2) is 9.48 Å². The van der Waals surface area contributed by atoms with Gasteiger partial charge in [0.2, 0.25) is 5.60 Å². The van der Waals surface area contributed by atoms with Gasteiger partial charge in [-0.3, -0.25) is 0 Å². The van der Waals surface area contributed by atoms with Crippen LogP contribution in [0.5, 0.6) is 0 Å². The lowest BCUT2D eigenvalue weighted by Crippen LogP contribution is -2.42. The molecule has 0 aliphatic heterocycles. The Balaban J connectivity index is 1.71. The largest absolute Gasteiger partial charge is 0.462 e. The Morgan fingerprint density at radius 3 is 2.49 bits per heavy atom. The fourth-order valence-corrected chi connectivity index (χ4v) is 3.99. The van der Waals surface area contributed by atoms with E-state index in [4.69, 9.17) is 16.3 Å². The molecule has 0 spiro atoms. The number of halogens is 4. The Bertz CT molecular complexity index is 1360. The molecule has 3 heterocycles. The van der Waals surface area contributed by atoms with Gasteiger partial charge in [0.1, 0.15) is 5.69 Å². The number of ether oxygens (including phenoxy) is 1. The number of aromatic nitrogens is 4. The zero-order chi connectivity index (χ0) is 25.4. The summed E-state index contributed by atoms with van der Waals surface area (Å²) in [7, 11) is 0. The molecule has 184 valence electrons. The third kappa shape index (κ3) is 4.63. The molecule has 3 aromatic heterocycles. The summed E-state index contributed by atoms with van der Waals surface area (Å²) in [6.45, 7) is 3.27. The minimum Gasteiger partial charge on any atom is -0.462 e. The highest BCUT2D eigenvalue weighted by Gasteiger charge is 2.55. The van der Waals surface area contributed by atoms with E-state index in [1.807, 2.05) is 4.40 Å². The van der Waals surface area contributed by atoms with E-state index in [0.29, 0.717) is 27.4 Å². The van der Waals surface area contributed by atoms with E-state index in [0.717, 1.165) is 11.8 Å². The molecular formula is C24H22ClF3N4O3. The first-order valence-electron chi connectivity index (χ1n) is 10.8. The maximum Gasteiger partial charge on any atom is 0.423 e. The Morgan fingerprint density at radius 1 is 1.14 bits per heavy atom. The van der Waals surface area contributed by atoms with Crippen LogP contribution in [0.2, 0.25) is 5.02 Å². The highest BCUT2D eigenvalue weighted by Crippen LogP contribution is 2.40. The van der Waals surface area contributed by atoms with Gasteiger partial charge in [0.25, 0.3) is 0 Å². The van der Waals surface area contributed by atoms with Crippen LogP contribution in [0.15, 0.2) is 54.9 Å². The third-order valence-electron chi connectivity index (χ3n) is 5.74. The minimum absolute atomic E-state index is 0.108. The third-order valence-corrected chi connectivity index (χ3v) is 5.99. The fraction of sp³-hybridized carbons (Fsp3) is 0.292. The number of alkyl halides is 3. The monoisotopic (exact) mass is 506 g/mol. The summed E-state index contributed by atoms with van der Waals surface area (Å²) in [5.74, 6) is -0.477. The van der Waals surface area contributed by atoms with Crippen LogP contribution < -0.4 is 0 Å². The maximum atomic E-state index is 13.3. The number of esters is 1. The first kappa shape index (κ1) is 24.7. The number of fused-ring (bicyclic) bond motifs is 1. The molecule has 4 aromatic rings. The number of aliphatic hydroxyl groups is 1. The van der Waals surface area contributed by atoms with Crippen molar-refractivity contribution in [3.05, 3.63) is 76.7 Å². The van der Waals surface area contributed by atoms with Gasteiger partial charge in [0, 0.05) is 16.7 Å². The molecule has 11 heteroatoms. The molecule has 4 rings (SSSR count). The van der Waals surface area contributed by atoms with Crippen LogP contribution in [-0.2, 0) is 16.9 Å². The maximum absolute atomic E-state index is 13.3. The zero-order valence-corrected chi connectivity index (χ0v) is 19.6. The van der Waals surface area contributed by atoms with Crippen molar-refractivity contribution in [3.8, 4) is 11.3 Å². The molecule has 1 atom stereocenters. The highest BCUT2D eigenvalue weighted by atomic mass is 35.5. The molecule has 0 saturated carbocycles. The lowest BCUT2D eigenvalue weighted by molar-refractivity contribution is -0.269. The number of carbonyl (C=O) groups is 1. The summed E-state index contributed by atoms with van der Waals surface area (Å²) < 4.78 is 48.3. The normalized spacial score (nSPS) is 13.7. The van der Waals surface area contributed by atoms with E-state index in [9.17, 15) is 23.1 Å². The topological polar surface area (TPSA) is 81.6 Å². The second-order valence-electron chi connectivity index (χ2n) is 7.98. The fourth-order valence-electron chi connectivity index (χ4n) is 3.87. The number of rotatable bonds is 7. The summed E-state index contributed by atoms with van der Waals surface area (Å²) in [6, 6.07) is 12.3. The van der Waals surface area contributed by atoms with Crippen molar-refractivity contribution in [1.82, 2.24) is 19.4 Å². The number of pyridine rings is 1. The standard InChI is InChI=1S/C24H22ClF3N4O3/c1-3-23(34,24(26,27)28)20-14-31(30-29-20)13-15-9-10-32-18(11-15)12-19(22(33)35-4-2)21(32)16-5-7-17(25)8-6-16/h5-12,14,34H,3-4,13H2,1-2H3. The number of benzene rings is 1. The first-order chi connectivity index (χ1) is 16.6. The average Bonchev–Trinajstić information content (AvgIpc) is 3.43. The lowest BCUT2D eigenvalue weighted by Gasteiger charge is -2.26. The molecule has 1 N–H and O–H groups in total. The van der Waals surface area contributed by atoms with E-state index >= 15 is 0 Å². The SMILES string of the molecule is CCOC(=O)c1cc2cc(Cn3cc(C(O)(CC)C(F)(F)F)nn3)ccn2c1-c1ccc(Cl)cc1. The Labute approximate surface area is 203 Å². The summed E-state index contributed by atoms with van der Waals surface area (Å²) in [5.41, 5.74) is -0.495. The van der Waals surface area contributed by atoms with Crippen LogP contribution in [0.4, 0.5) is 13.2 Å². The molecule has 0 amide bonds. The summed E-state index contributed by atoms with van der Waals surface area (Å²) in [6.07, 6.45) is -2.62. The van der Waals surface area contributed by atoms with Gasteiger partial charge in [-0.05, 0) is 54.8 Å². The van der Waals surface area contributed by atoms with Crippen LogP contribution in [-0.4, -0.2) is 43.3 Å². The lowest BCUT2D eigenvalue weighted by atomic mass is 9.96. The molecule has 35 heavy (non-hydrogen) atoms. The van der Waals surface area contributed by atoms with Gasteiger partial charge < -0.3 is 14.2 Å². The van der Waals surface area contributed by atoms with Crippen LogP contribution in [0.3, 0.4) is 0 Å². The van der Waals surface area contributed by atoms with E-state index < -0.39 is 29.9 Å². The van der Waals surface area contributed by atoms with Crippen molar-refractivity contribution >= 4 is 23.1 Å². The van der Waals surface area contributed by atoms with Gasteiger partial charge >= 0.3 is 12.1 Å². The first-order valence-corrected chi connectivity index (χ1v) is 11.2. The van der Waals surface area contributed by atoms with Gasteiger partial charge in [0.15, 0.2) is 0 Å². The molecule has 0 aliphatic carbocycles. The van der Waals surface area contributed by atoms with Crippen molar-refractivity contribution in [2.75, 3.05) is 6.61 Å². The van der Waals surface area contributed by atoms with Crippen molar-refractivity contribution in [2.45, 2.75) is 38.6 Å². The molecular weight excluding hydrogens is 485 g/mol. The summed E-state index contributed by atoms with van der Waals surface area (Å²) in [4.78, 5) is 12.7. The number of hydrogen-bond donors (Lipinski definition) is 1. The van der Waals surface area contributed by atoms with Crippen LogP contribution in [0, 0.1) is 0 Å². The van der Waals surface area contributed by atoms with Crippen molar-refractivity contribution in [2.24, 2.45) is 0 Å². The van der Waals surface area contributed by atoms with E-state index in [1.165, 1.54) is 11.6 Å². The van der Waals surface area contributed by atoms with E-state index in [2.05, 4.69) is 10.3 Å². The molecule has 0 radical (unpaired) electrons. The Kier molecular flexibility index (Phi) is 6.61. The Morgan fingerprint density at radius 2 is 1.86 bits per heavy atom.